The van der Waals surface area contributed by atoms with Crippen LogP contribution in [-0.2, 0) is 0 Å². The van der Waals surface area contributed by atoms with Crippen LogP contribution in [0, 0.1) is 5.92 Å². The molecule has 1 aliphatic rings. The van der Waals surface area contributed by atoms with Crippen LogP contribution < -0.4 is 10.5 Å². The highest BCUT2D eigenvalue weighted by molar-refractivity contribution is 9.10. The van der Waals surface area contributed by atoms with Crippen LogP contribution in [-0.4, -0.2) is 37.0 Å². The number of hydrogen-bond acceptors (Lipinski definition) is 3. The third kappa shape index (κ3) is 2.52. The highest BCUT2D eigenvalue weighted by Gasteiger charge is 2.31. The summed E-state index contributed by atoms with van der Waals surface area (Å²) >= 11 is 3.36. The van der Waals surface area contributed by atoms with Gasteiger partial charge in [-0.05, 0) is 24.1 Å². The number of carbonyl (C=O) groups is 1. The number of carbonyl (C=O) groups excluding carboxylic acids is 1. The van der Waals surface area contributed by atoms with Gasteiger partial charge in [0.05, 0.1) is 12.7 Å². The lowest BCUT2D eigenvalue weighted by atomic mass is 10.1. The molecule has 0 radical (unpaired) electrons. The van der Waals surface area contributed by atoms with E-state index in [4.69, 9.17) is 10.5 Å². The summed E-state index contributed by atoms with van der Waals surface area (Å²) in [5.41, 5.74) is 6.53. The van der Waals surface area contributed by atoms with Gasteiger partial charge in [-0.1, -0.05) is 22.9 Å². The Hall–Kier alpha value is -1.07. The zero-order valence-corrected chi connectivity index (χ0v) is 12.1. The largest absolute Gasteiger partial charge is 0.496 e. The second-order valence-corrected chi connectivity index (χ2v) is 5.61. The summed E-state index contributed by atoms with van der Waals surface area (Å²) in [6, 6.07) is 5.48. The third-order valence-electron chi connectivity index (χ3n) is 3.35. The van der Waals surface area contributed by atoms with E-state index in [0.29, 0.717) is 30.3 Å². The Morgan fingerprint density at radius 1 is 1.50 bits per heavy atom. The monoisotopic (exact) mass is 312 g/mol. The molecule has 2 N–H and O–H groups in total. The Morgan fingerprint density at radius 2 is 2.22 bits per heavy atom. The number of rotatable bonds is 2. The van der Waals surface area contributed by atoms with Gasteiger partial charge < -0.3 is 15.4 Å². The van der Waals surface area contributed by atoms with E-state index >= 15 is 0 Å². The predicted molar refractivity (Wildman–Crippen MR) is 73.7 cm³/mol. The van der Waals surface area contributed by atoms with Crippen LogP contribution in [0.2, 0.25) is 0 Å². The molecule has 1 aliphatic heterocycles. The van der Waals surface area contributed by atoms with Crippen LogP contribution in [0.15, 0.2) is 22.7 Å². The molecule has 1 saturated heterocycles. The summed E-state index contributed by atoms with van der Waals surface area (Å²) in [6.45, 7) is 3.38. The van der Waals surface area contributed by atoms with Crippen LogP contribution in [0.5, 0.6) is 5.75 Å². The number of likely N-dealkylation sites (tertiary alicyclic amines) is 1. The summed E-state index contributed by atoms with van der Waals surface area (Å²) in [4.78, 5) is 14.2. The molecular formula is C13H17BrN2O2. The van der Waals surface area contributed by atoms with Crippen LogP contribution in [0.25, 0.3) is 0 Å². The molecule has 0 bridgehead atoms. The van der Waals surface area contributed by atoms with Gasteiger partial charge in [-0.25, -0.2) is 0 Å². The van der Waals surface area contributed by atoms with Gasteiger partial charge in [0.2, 0.25) is 0 Å². The van der Waals surface area contributed by atoms with Crippen molar-refractivity contribution < 1.29 is 9.53 Å². The summed E-state index contributed by atoms with van der Waals surface area (Å²) < 4.78 is 6.14. The lowest BCUT2D eigenvalue weighted by Gasteiger charge is -2.17. The fraction of sp³-hybridized carbons (Fsp3) is 0.462. The molecule has 0 saturated carbocycles. The Balaban J connectivity index is 2.24. The van der Waals surface area contributed by atoms with Gasteiger partial charge >= 0.3 is 0 Å². The lowest BCUT2D eigenvalue weighted by molar-refractivity contribution is 0.0783. The molecule has 98 valence electrons. The minimum Gasteiger partial charge on any atom is -0.496 e. The van der Waals surface area contributed by atoms with E-state index < -0.39 is 0 Å². The normalized spacial score (nSPS) is 23.2. The smallest absolute Gasteiger partial charge is 0.257 e. The van der Waals surface area contributed by atoms with E-state index in [1.807, 2.05) is 6.07 Å². The quantitative estimate of drug-likeness (QED) is 0.907. The first-order chi connectivity index (χ1) is 8.52. The van der Waals surface area contributed by atoms with Crippen LogP contribution >= 0.6 is 15.9 Å². The molecular weight excluding hydrogens is 296 g/mol. The fourth-order valence-electron chi connectivity index (χ4n) is 2.17. The van der Waals surface area contributed by atoms with Crippen molar-refractivity contribution in [3.8, 4) is 5.75 Å². The molecule has 0 aromatic heterocycles. The second kappa shape index (κ2) is 5.28. The van der Waals surface area contributed by atoms with Crippen LogP contribution in [0.4, 0.5) is 0 Å². The zero-order chi connectivity index (χ0) is 13.3. The summed E-state index contributed by atoms with van der Waals surface area (Å²) in [6.07, 6.45) is 0. The third-order valence-corrected chi connectivity index (χ3v) is 3.84. The molecule has 1 aromatic rings. The van der Waals surface area contributed by atoms with E-state index in [0.717, 1.165) is 4.47 Å². The lowest BCUT2D eigenvalue weighted by Crippen LogP contribution is -2.32. The number of amides is 1. The first kappa shape index (κ1) is 13.4. The maximum Gasteiger partial charge on any atom is 0.257 e. The van der Waals surface area contributed by atoms with Crippen molar-refractivity contribution in [1.82, 2.24) is 4.90 Å². The number of nitrogens with two attached hydrogens (primary N) is 1. The Labute approximate surface area is 115 Å². The summed E-state index contributed by atoms with van der Waals surface area (Å²) in [7, 11) is 1.57. The highest BCUT2D eigenvalue weighted by Crippen LogP contribution is 2.26. The minimum atomic E-state index is -0.0147. The topological polar surface area (TPSA) is 55.6 Å². The van der Waals surface area contributed by atoms with Crippen molar-refractivity contribution in [3.05, 3.63) is 28.2 Å². The summed E-state index contributed by atoms with van der Waals surface area (Å²) in [5.74, 6) is 0.914. The molecule has 18 heavy (non-hydrogen) atoms. The number of halogens is 1. The number of hydrogen-bond donors (Lipinski definition) is 1. The predicted octanol–water partition coefficient (Wildman–Crippen LogP) is 1.88. The maximum absolute atomic E-state index is 12.4. The number of nitrogens with zero attached hydrogens (tertiary/aromatic N) is 1. The molecule has 2 unspecified atom stereocenters. The van der Waals surface area contributed by atoms with Crippen molar-refractivity contribution in [2.45, 2.75) is 13.0 Å². The standard InChI is InChI=1S/C13H17BrN2O2/c1-8-6-16(7-11(8)15)13(17)10-4-3-9(14)5-12(10)18-2/h3-5,8,11H,6-7,15H2,1-2H3. The molecule has 4 nitrogen and oxygen atoms in total. The van der Waals surface area contributed by atoms with Crippen molar-refractivity contribution in [2.75, 3.05) is 20.2 Å². The molecule has 2 rings (SSSR count). The first-order valence-electron chi connectivity index (χ1n) is 5.91. The van der Waals surface area contributed by atoms with E-state index in [1.165, 1.54) is 0 Å². The minimum absolute atomic E-state index is 0.0147. The average Bonchev–Trinajstić information content (AvgIpc) is 2.68. The molecule has 2 atom stereocenters. The molecule has 1 amide bonds. The second-order valence-electron chi connectivity index (χ2n) is 4.70. The van der Waals surface area contributed by atoms with E-state index in [-0.39, 0.29) is 11.9 Å². The van der Waals surface area contributed by atoms with E-state index in [9.17, 15) is 4.79 Å². The van der Waals surface area contributed by atoms with Crippen molar-refractivity contribution in [2.24, 2.45) is 11.7 Å². The SMILES string of the molecule is COc1cc(Br)ccc1C(=O)N1CC(C)C(N)C1. The van der Waals surface area contributed by atoms with Crippen LogP contribution in [0.1, 0.15) is 17.3 Å². The molecule has 5 heteroatoms. The van der Waals surface area contributed by atoms with Crippen molar-refractivity contribution >= 4 is 21.8 Å². The maximum atomic E-state index is 12.4. The van der Waals surface area contributed by atoms with Gasteiger partial charge in [-0.2, -0.15) is 0 Å². The van der Waals surface area contributed by atoms with Crippen molar-refractivity contribution in [1.29, 1.82) is 0 Å². The molecule has 0 spiro atoms. The molecule has 0 aliphatic carbocycles. The fourth-order valence-corrected chi connectivity index (χ4v) is 2.51. The number of methoxy groups -OCH3 is 1. The number of ether oxygens (including phenoxy) is 1. The van der Waals surface area contributed by atoms with E-state index in [1.54, 1.807) is 24.1 Å². The molecule has 1 fully saturated rings. The van der Waals surface area contributed by atoms with E-state index in [2.05, 4.69) is 22.9 Å². The first-order valence-corrected chi connectivity index (χ1v) is 6.70. The Kier molecular flexibility index (Phi) is 3.92. The van der Waals surface area contributed by atoms with Gasteiger partial charge in [0, 0.05) is 23.6 Å². The molecule has 1 aromatic carbocycles. The Morgan fingerprint density at radius 3 is 2.78 bits per heavy atom. The Bertz CT molecular complexity index is 454. The van der Waals surface area contributed by atoms with Gasteiger partial charge in [0.1, 0.15) is 5.75 Å². The van der Waals surface area contributed by atoms with Crippen LogP contribution in [0.3, 0.4) is 0 Å². The average molecular weight is 313 g/mol. The zero-order valence-electron chi connectivity index (χ0n) is 10.5. The van der Waals surface area contributed by atoms with Crippen molar-refractivity contribution in [3.63, 3.8) is 0 Å². The summed E-state index contributed by atoms with van der Waals surface area (Å²) in [5, 5.41) is 0. The van der Waals surface area contributed by atoms with Gasteiger partial charge in [0.15, 0.2) is 0 Å². The molecule has 1 heterocycles. The highest BCUT2D eigenvalue weighted by atomic mass is 79.9. The van der Waals surface area contributed by atoms with Gasteiger partial charge in [-0.15, -0.1) is 0 Å². The van der Waals surface area contributed by atoms with Gasteiger partial charge in [-0.3, -0.25) is 4.79 Å². The van der Waals surface area contributed by atoms with Gasteiger partial charge in [0.25, 0.3) is 5.91 Å². The number of benzene rings is 1.